The van der Waals surface area contributed by atoms with Crippen LogP contribution in [0.3, 0.4) is 0 Å². The van der Waals surface area contributed by atoms with E-state index in [2.05, 4.69) is 34.4 Å². The molecular weight excluding hydrogens is 186 g/mol. The second-order valence-corrected chi connectivity index (χ2v) is 4.00. The molecule has 3 nitrogen and oxygen atoms in total. The number of hydrogen-bond donors (Lipinski definition) is 1. The van der Waals surface area contributed by atoms with Crippen LogP contribution < -0.4 is 5.32 Å². The molecule has 0 saturated carbocycles. The van der Waals surface area contributed by atoms with Crippen molar-refractivity contribution in [3.05, 3.63) is 36.4 Å². The van der Waals surface area contributed by atoms with Gasteiger partial charge in [0.25, 0.3) is 0 Å². The quantitative estimate of drug-likeness (QED) is 0.765. The highest BCUT2D eigenvalue weighted by atomic mass is 15.0. The molecule has 80 valence electrons. The number of nitrogens with zero attached hydrogens (tertiary/aromatic N) is 2. The van der Waals surface area contributed by atoms with E-state index in [4.69, 9.17) is 0 Å². The first-order valence-corrected chi connectivity index (χ1v) is 5.53. The Morgan fingerprint density at radius 1 is 1.40 bits per heavy atom. The van der Waals surface area contributed by atoms with E-state index in [0.29, 0.717) is 6.04 Å². The zero-order chi connectivity index (χ0) is 10.5. The van der Waals surface area contributed by atoms with Gasteiger partial charge >= 0.3 is 0 Å². The van der Waals surface area contributed by atoms with E-state index in [0.717, 1.165) is 12.1 Å². The van der Waals surface area contributed by atoms with Gasteiger partial charge in [0.1, 0.15) is 0 Å². The van der Waals surface area contributed by atoms with Crippen molar-refractivity contribution in [1.82, 2.24) is 15.3 Å². The minimum Gasteiger partial charge on any atom is -0.306 e. The number of aromatic nitrogens is 2. The first-order chi connectivity index (χ1) is 7.36. The molecule has 1 N–H and O–H groups in total. The monoisotopic (exact) mass is 203 g/mol. The van der Waals surface area contributed by atoms with Crippen LogP contribution in [-0.2, 0) is 0 Å². The van der Waals surface area contributed by atoms with Gasteiger partial charge in [0.05, 0.1) is 5.69 Å². The third-order valence-electron chi connectivity index (χ3n) is 2.78. The first kappa shape index (κ1) is 10.3. The molecule has 2 unspecified atom stereocenters. The fraction of sp³-hybridized carbons (Fsp3) is 0.500. The Balaban J connectivity index is 1.92. The number of rotatable bonds is 3. The molecule has 1 aromatic heterocycles. The molecule has 1 aliphatic rings. The van der Waals surface area contributed by atoms with Crippen LogP contribution in [0.2, 0.25) is 0 Å². The summed E-state index contributed by atoms with van der Waals surface area (Å²) in [4.78, 5) is 8.38. The summed E-state index contributed by atoms with van der Waals surface area (Å²) < 4.78 is 0. The van der Waals surface area contributed by atoms with Gasteiger partial charge in [-0.25, -0.2) is 0 Å². The lowest BCUT2D eigenvalue weighted by Gasteiger charge is -2.23. The fourth-order valence-electron chi connectivity index (χ4n) is 1.92. The molecule has 0 fully saturated rings. The lowest BCUT2D eigenvalue weighted by molar-refractivity contribution is 0.420. The minimum atomic E-state index is 0.287. The summed E-state index contributed by atoms with van der Waals surface area (Å²) in [7, 11) is 0. The van der Waals surface area contributed by atoms with Gasteiger partial charge in [0.2, 0.25) is 0 Å². The lowest BCUT2D eigenvalue weighted by Crippen LogP contribution is -2.32. The molecule has 15 heavy (non-hydrogen) atoms. The highest BCUT2D eigenvalue weighted by Crippen LogP contribution is 2.15. The van der Waals surface area contributed by atoms with Crippen molar-refractivity contribution < 1.29 is 0 Å². The molecular formula is C12H17N3. The molecule has 0 aliphatic heterocycles. The van der Waals surface area contributed by atoms with Crippen LogP contribution in [0.25, 0.3) is 0 Å². The Morgan fingerprint density at radius 3 is 3.00 bits per heavy atom. The van der Waals surface area contributed by atoms with E-state index in [1.165, 1.54) is 12.8 Å². The number of nitrogens with one attached hydrogen (secondary N) is 1. The molecule has 0 radical (unpaired) electrons. The highest BCUT2D eigenvalue weighted by molar-refractivity contribution is 5.02. The van der Waals surface area contributed by atoms with Crippen molar-refractivity contribution in [2.75, 3.05) is 0 Å². The topological polar surface area (TPSA) is 37.8 Å². The molecule has 2 atom stereocenters. The molecule has 0 amide bonds. The Morgan fingerprint density at radius 2 is 2.33 bits per heavy atom. The Hall–Kier alpha value is -1.22. The van der Waals surface area contributed by atoms with Crippen molar-refractivity contribution in [3.63, 3.8) is 0 Å². The van der Waals surface area contributed by atoms with E-state index in [1.54, 1.807) is 12.4 Å². The van der Waals surface area contributed by atoms with E-state index < -0.39 is 0 Å². The summed E-state index contributed by atoms with van der Waals surface area (Å²) >= 11 is 0. The van der Waals surface area contributed by atoms with E-state index in [1.807, 2.05) is 6.20 Å². The van der Waals surface area contributed by atoms with Gasteiger partial charge in [0, 0.05) is 30.7 Å². The van der Waals surface area contributed by atoms with Crippen molar-refractivity contribution in [1.29, 1.82) is 0 Å². The van der Waals surface area contributed by atoms with Crippen molar-refractivity contribution in [2.45, 2.75) is 38.3 Å². The Bertz CT molecular complexity index is 321. The summed E-state index contributed by atoms with van der Waals surface area (Å²) in [5.74, 6) is 0. The summed E-state index contributed by atoms with van der Waals surface area (Å²) in [6.07, 6.45) is 13.3. The predicted octanol–water partition coefficient (Wildman–Crippen LogP) is 2.24. The largest absolute Gasteiger partial charge is 0.306 e. The van der Waals surface area contributed by atoms with Crippen LogP contribution in [0, 0.1) is 0 Å². The fourth-order valence-corrected chi connectivity index (χ4v) is 1.92. The maximum Gasteiger partial charge on any atom is 0.0753 e. The second-order valence-electron chi connectivity index (χ2n) is 4.00. The van der Waals surface area contributed by atoms with Crippen molar-refractivity contribution in [3.8, 4) is 0 Å². The third kappa shape index (κ3) is 2.86. The Labute approximate surface area is 90.6 Å². The smallest absolute Gasteiger partial charge is 0.0753 e. The SMILES string of the molecule is CC(NC1CC=CCC1)c1cnccn1. The zero-order valence-corrected chi connectivity index (χ0v) is 9.06. The van der Waals surface area contributed by atoms with E-state index >= 15 is 0 Å². The molecule has 3 heteroatoms. The number of allylic oxidation sites excluding steroid dienone is 1. The predicted molar refractivity (Wildman–Crippen MR) is 60.4 cm³/mol. The Kier molecular flexibility index (Phi) is 3.45. The average Bonchev–Trinajstić information content (AvgIpc) is 2.31. The highest BCUT2D eigenvalue weighted by Gasteiger charge is 2.14. The van der Waals surface area contributed by atoms with Crippen LogP contribution >= 0.6 is 0 Å². The van der Waals surface area contributed by atoms with E-state index in [-0.39, 0.29) is 6.04 Å². The molecule has 2 rings (SSSR count). The molecule has 1 aromatic rings. The molecule has 0 bridgehead atoms. The minimum absolute atomic E-state index is 0.287. The zero-order valence-electron chi connectivity index (χ0n) is 9.06. The average molecular weight is 203 g/mol. The van der Waals surface area contributed by atoms with Crippen molar-refractivity contribution >= 4 is 0 Å². The standard InChI is InChI=1S/C12H17N3/c1-10(12-9-13-7-8-14-12)15-11-5-3-2-4-6-11/h2-3,7-11,15H,4-6H2,1H3. The van der Waals surface area contributed by atoms with Gasteiger partial charge < -0.3 is 5.32 Å². The first-order valence-electron chi connectivity index (χ1n) is 5.53. The molecule has 0 saturated heterocycles. The maximum absolute atomic E-state index is 4.30. The van der Waals surface area contributed by atoms with Crippen LogP contribution in [0.1, 0.15) is 37.9 Å². The van der Waals surface area contributed by atoms with Gasteiger partial charge in [-0.05, 0) is 26.2 Å². The summed E-state index contributed by atoms with van der Waals surface area (Å²) in [5, 5.41) is 3.58. The molecule has 1 heterocycles. The summed E-state index contributed by atoms with van der Waals surface area (Å²) in [6, 6.07) is 0.877. The second kappa shape index (κ2) is 5.03. The van der Waals surface area contributed by atoms with Gasteiger partial charge in [-0.15, -0.1) is 0 Å². The molecule has 1 aliphatic carbocycles. The third-order valence-corrected chi connectivity index (χ3v) is 2.78. The van der Waals surface area contributed by atoms with Crippen LogP contribution in [-0.4, -0.2) is 16.0 Å². The van der Waals surface area contributed by atoms with Gasteiger partial charge in [-0.3, -0.25) is 9.97 Å². The molecule has 0 aromatic carbocycles. The molecule has 0 spiro atoms. The van der Waals surface area contributed by atoms with Gasteiger partial charge in [0.15, 0.2) is 0 Å². The van der Waals surface area contributed by atoms with Crippen LogP contribution in [0.15, 0.2) is 30.7 Å². The van der Waals surface area contributed by atoms with E-state index in [9.17, 15) is 0 Å². The van der Waals surface area contributed by atoms with Crippen LogP contribution in [0.5, 0.6) is 0 Å². The lowest BCUT2D eigenvalue weighted by atomic mass is 10.0. The summed E-state index contributed by atoms with van der Waals surface area (Å²) in [5.41, 5.74) is 1.02. The number of hydrogen-bond acceptors (Lipinski definition) is 3. The van der Waals surface area contributed by atoms with Crippen molar-refractivity contribution in [2.24, 2.45) is 0 Å². The van der Waals surface area contributed by atoms with Gasteiger partial charge in [-0.1, -0.05) is 12.2 Å². The van der Waals surface area contributed by atoms with Gasteiger partial charge in [-0.2, -0.15) is 0 Å². The summed E-state index contributed by atoms with van der Waals surface area (Å²) in [6.45, 7) is 2.14. The maximum atomic E-state index is 4.30. The normalized spacial score (nSPS) is 22.6. The van der Waals surface area contributed by atoms with Crippen LogP contribution in [0.4, 0.5) is 0 Å².